The lowest BCUT2D eigenvalue weighted by molar-refractivity contribution is -0.388. The molecule has 0 saturated heterocycles. The van der Waals surface area contributed by atoms with Crippen molar-refractivity contribution < 1.29 is 66.5 Å². The van der Waals surface area contributed by atoms with Crippen molar-refractivity contribution in [3.05, 3.63) is 28.8 Å². The molecule has 15 heteroatoms. The second-order valence-corrected chi connectivity index (χ2v) is 4.28. The first-order chi connectivity index (χ1) is 11.0. The Balaban J connectivity index is 4.34. The molecule has 1 nitrogen and oxygen atoms in total. The normalized spacial score (nSPS) is 14.0. The van der Waals surface area contributed by atoms with Crippen molar-refractivity contribution in [1.29, 1.82) is 0 Å². The van der Waals surface area contributed by atoms with Crippen molar-refractivity contribution in [1.82, 2.24) is 0 Å². The molecule has 0 heterocycles. The molecule has 0 atom stereocenters. The molecule has 25 heavy (non-hydrogen) atoms. The van der Waals surface area contributed by atoms with Gasteiger partial charge in [-0.25, -0.2) is 13.2 Å². The van der Waals surface area contributed by atoms with E-state index in [-0.39, 0.29) is 0 Å². The standard InChI is InChI=1S/C10F14O/c11-2-1(6(25-24)5(14)4(13)3(2)12)7(8(15,16)17,9(18,19)20)10(21,22)23. The van der Waals surface area contributed by atoms with E-state index < -0.39 is 58.5 Å². The van der Waals surface area contributed by atoms with Gasteiger partial charge in [0.15, 0.2) is 11.6 Å². The number of halogens is 14. The highest BCUT2D eigenvalue weighted by molar-refractivity contribution is 5.47. The van der Waals surface area contributed by atoms with E-state index in [1.54, 1.807) is 0 Å². The lowest BCUT2D eigenvalue weighted by Gasteiger charge is -2.39. The van der Waals surface area contributed by atoms with Crippen LogP contribution in [0.5, 0.6) is 5.75 Å². The van der Waals surface area contributed by atoms with E-state index in [1.807, 2.05) is 0 Å². The van der Waals surface area contributed by atoms with Gasteiger partial charge in [0.2, 0.25) is 17.4 Å². The van der Waals surface area contributed by atoms with Gasteiger partial charge in [-0.3, -0.25) is 4.94 Å². The quantitative estimate of drug-likeness (QED) is 0.364. The molecule has 144 valence electrons. The van der Waals surface area contributed by atoms with E-state index in [1.165, 1.54) is 0 Å². The van der Waals surface area contributed by atoms with Crippen LogP contribution in [0.1, 0.15) is 5.56 Å². The van der Waals surface area contributed by atoms with Crippen LogP contribution >= 0.6 is 0 Å². The number of rotatable bonds is 2. The van der Waals surface area contributed by atoms with E-state index in [2.05, 4.69) is 4.94 Å². The number of alkyl halides is 9. The van der Waals surface area contributed by atoms with Crippen LogP contribution < -0.4 is 4.94 Å². The van der Waals surface area contributed by atoms with Gasteiger partial charge in [-0.2, -0.15) is 43.9 Å². The van der Waals surface area contributed by atoms with Crippen LogP contribution in [0, 0.1) is 23.3 Å². The molecule has 0 spiro atoms. The molecule has 1 rings (SSSR count). The predicted molar refractivity (Wildman–Crippen MR) is 47.9 cm³/mol. The molecule has 0 radical (unpaired) electrons. The lowest BCUT2D eigenvalue weighted by Crippen LogP contribution is -2.63. The van der Waals surface area contributed by atoms with Crippen molar-refractivity contribution >= 4 is 0 Å². The predicted octanol–water partition coefficient (Wildman–Crippen LogP) is 5.43. The van der Waals surface area contributed by atoms with Crippen LogP contribution in [0.2, 0.25) is 0 Å². The zero-order valence-corrected chi connectivity index (χ0v) is 10.7. The summed E-state index contributed by atoms with van der Waals surface area (Å²) in [5.41, 5.74) is -11.3. The fourth-order valence-electron chi connectivity index (χ4n) is 1.93. The highest BCUT2D eigenvalue weighted by Crippen LogP contribution is 2.63. The summed E-state index contributed by atoms with van der Waals surface area (Å²) in [7, 11) is 0. The van der Waals surface area contributed by atoms with Gasteiger partial charge >= 0.3 is 18.5 Å². The summed E-state index contributed by atoms with van der Waals surface area (Å²) in [4.78, 5) is 2.06. The Morgan fingerprint density at radius 3 is 1.12 bits per heavy atom. The van der Waals surface area contributed by atoms with Crippen molar-refractivity contribution in [3.63, 3.8) is 0 Å². The van der Waals surface area contributed by atoms with Gasteiger partial charge in [-0.05, 0) is 0 Å². The van der Waals surface area contributed by atoms with Crippen molar-refractivity contribution in [3.8, 4) is 5.75 Å². The monoisotopic (exact) mass is 402 g/mol. The van der Waals surface area contributed by atoms with Gasteiger partial charge in [0.25, 0.3) is 5.41 Å². The summed E-state index contributed by atoms with van der Waals surface area (Å²) >= 11 is 0. The van der Waals surface area contributed by atoms with Gasteiger partial charge in [0.1, 0.15) is 0 Å². The van der Waals surface area contributed by atoms with Crippen LogP contribution in [-0.2, 0) is 5.41 Å². The Labute approximate surface area is 126 Å². The highest BCUT2D eigenvalue weighted by atomic mass is 19.4. The van der Waals surface area contributed by atoms with Crippen molar-refractivity contribution in [2.24, 2.45) is 0 Å². The largest absolute Gasteiger partial charge is 0.416 e. The molecule has 0 fully saturated rings. The number of hydrogen-bond acceptors (Lipinski definition) is 1. The second kappa shape index (κ2) is 5.79. The average Bonchev–Trinajstić information content (AvgIpc) is 2.38. The minimum Gasteiger partial charge on any atom is -0.291 e. The fraction of sp³-hybridized carbons (Fsp3) is 0.400. The fourth-order valence-corrected chi connectivity index (χ4v) is 1.93. The molecule has 1 aromatic carbocycles. The van der Waals surface area contributed by atoms with Crippen LogP contribution in [0.25, 0.3) is 0 Å². The SMILES string of the molecule is FOc1c(F)c(F)c(F)c(F)c1C(C(F)(F)F)(C(F)(F)F)C(F)(F)F. The summed E-state index contributed by atoms with van der Waals surface area (Å²) < 4.78 is 180. The zero-order valence-electron chi connectivity index (χ0n) is 10.7. The minimum atomic E-state index is -7.55. The van der Waals surface area contributed by atoms with Gasteiger partial charge in [-0.1, -0.05) is 0 Å². The van der Waals surface area contributed by atoms with Gasteiger partial charge < -0.3 is 0 Å². The third-order valence-corrected chi connectivity index (χ3v) is 2.95. The molecule has 0 aliphatic rings. The van der Waals surface area contributed by atoms with Crippen LogP contribution in [0.3, 0.4) is 0 Å². The second-order valence-electron chi connectivity index (χ2n) is 4.28. The third-order valence-electron chi connectivity index (χ3n) is 2.95. The zero-order chi connectivity index (χ0) is 20.2. The molecule has 0 amide bonds. The molecular formula is C10F14O. The summed E-state index contributed by atoms with van der Waals surface area (Å²) in [6.07, 6.45) is -22.6. The summed E-state index contributed by atoms with van der Waals surface area (Å²) in [5.74, 6) is -17.2. The van der Waals surface area contributed by atoms with Crippen LogP contribution in [-0.4, -0.2) is 18.5 Å². The Morgan fingerprint density at radius 2 is 0.840 bits per heavy atom. The minimum absolute atomic E-state index is 2.06. The van der Waals surface area contributed by atoms with E-state index in [9.17, 15) is 61.6 Å². The van der Waals surface area contributed by atoms with Crippen LogP contribution in [0.4, 0.5) is 61.6 Å². The van der Waals surface area contributed by atoms with Crippen molar-refractivity contribution in [2.75, 3.05) is 0 Å². The Kier molecular flexibility index (Phi) is 4.89. The molecule has 0 aliphatic heterocycles. The number of benzene rings is 1. The molecule has 1 aromatic rings. The molecular weight excluding hydrogens is 402 g/mol. The Morgan fingerprint density at radius 1 is 0.520 bits per heavy atom. The van der Waals surface area contributed by atoms with E-state index in [0.717, 1.165) is 0 Å². The first-order valence-electron chi connectivity index (χ1n) is 5.32. The first-order valence-corrected chi connectivity index (χ1v) is 5.32. The molecule has 0 N–H and O–H groups in total. The highest BCUT2D eigenvalue weighted by Gasteiger charge is 2.86. The van der Waals surface area contributed by atoms with Gasteiger partial charge in [-0.15, -0.1) is 0 Å². The first kappa shape index (κ1) is 21.1. The Bertz CT molecular complexity index is 630. The van der Waals surface area contributed by atoms with Gasteiger partial charge in [0.05, 0.1) is 5.56 Å². The summed E-state index contributed by atoms with van der Waals surface area (Å²) in [6, 6.07) is 0. The molecule has 0 aromatic heterocycles. The number of hydrogen-bond donors (Lipinski definition) is 0. The molecule has 0 saturated carbocycles. The maximum absolute atomic E-state index is 13.4. The van der Waals surface area contributed by atoms with Crippen LogP contribution in [0.15, 0.2) is 0 Å². The molecule has 0 bridgehead atoms. The van der Waals surface area contributed by atoms with Crippen molar-refractivity contribution in [2.45, 2.75) is 23.9 Å². The van der Waals surface area contributed by atoms with E-state index in [0.29, 0.717) is 0 Å². The third kappa shape index (κ3) is 2.72. The lowest BCUT2D eigenvalue weighted by atomic mass is 9.76. The Hall–Kier alpha value is -1.96. The maximum Gasteiger partial charge on any atom is 0.416 e. The molecule has 0 unspecified atom stereocenters. The van der Waals surface area contributed by atoms with Gasteiger partial charge in [0, 0.05) is 4.53 Å². The topological polar surface area (TPSA) is 9.23 Å². The average molecular weight is 402 g/mol. The van der Waals surface area contributed by atoms with E-state index in [4.69, 9.17) is 0 Å². The summed E-state index contributed by atoms with van der Waals surface area (Å²) in [5, 5.41) is 0. The molecule has 0 aliphatic carbocycles. The maximum atomic E-state index is 13.4. The van der Waals surface area contributed by atoms with E-state index >= 15 is 0 Å². The summed E-state index contributed by atoms with van der Waals surface area (Å²) in [6.45, 7) is 0. The smallest absolute Gasteiger partial charge is 0.291 e.